The summed E-state index contributed by atoms with van der Waals surface area (Å²) in [5, 5.41) is 1.91. The Morgan fingerprint density at radius 3 is 2.36 bits per heavy atom. The van der Waals surface area contributed by atoms with Crippen molar-refractivity contribution in [3.05, 3.63) is 46.7 Å². The molecule has 2 amide bonds. The highest BCUT2D eigenvalue weighted by Gasteiger charge is 2.25. The Bertz CT molecular complexity index is 708. The predicted molar refractivity (Wildman–Crippen MR) is 101 cm³/mol. The minimum atomic E-state index is 0.0645. The van der Waals surface area contributed by atoms with E-state index in [1.54, 1.807) is 7.11 Å². The topological polar surface area (TPSA) is 49.9 Å². The number of thiophene rings is 1. The molecule has 3 rings (SSSR count). The normalized spacial score (nSPS) is 14.4. The summed E-state index contributed by atoms with van der Waals surface area (Å²) >= 11 is 2.98. The molecule has 0 aliphatic carbocycles. The number of thioether (sulfide) groups is 1. The second-order valence-corrected chi connectivity index (χ2v) is 7.61. The summed E-state index contributed by atoms with van der Waals surface area (Å²) in [6.45, 7) is 2.38. The lowest BCUT2D eigenvalue weighted by molar-refractivity contribution is -0.129. The van der Waals surface area contributed by atoms with E-state index in [2.05, 4.69) is 0 Å². The Morgan fingerprint density at radius 1 is 1.08 bits per heavy atom. The molecule has 5 nitrogen and oxygen atoms in total. The highest BCUT2D eigenvalue weighted by atomic mass is 32.2. The number of ether oxygens (including phenoxy) is 1. The lowest BCUT2D eigenvalue weighted by Crippen LogP contribution is -2.50. The van der Waals surface area contributed by atoms with E-state index < -0.39 is 0 Å². The van der Waals surface area contributed by atoms with Gasteiger partial charge in [0.2, 0.25) is 5.91 Å². The van der Waals surface area contributed by atoms with Gasteiger partial charge in [-0.1, -0.05) is 6.07 Å². The van der Waals surface area contributed by atoms with Crippen LogP contribution in [-0.2, 0) is 4.79 Å². The minimum absolute atomic E-state index is 0.0645. The van der Waals surface area contributed by atoms with Crippen molar-refractivity contribution in [3.8, 4) is 5.75 Å². The Hall–Kier alpha value is -1.99. The lowest BCUT2D eigenvalue weighted by atomic mass is 10.3. The molecule has 132 valence electrons. The van der Waals surface area contributed by atoms with Crippen molar-refractivity contribution >= 4 is 34.9 Å². The maximum absolute atomic E-state index is 12.4. The smallest absolute Gasteiger partial charge is 0.264 e. The van der Waals surface area contributed by atoms with E-state index in [1.165, 1.54) is 23.1 Å². The minimum Gasteiger partial charge on any atom is -0.497 e. The highest BCUT2D eigenvalue weighted by Crippen LogP contribution is 2.22. The number of nitrogens with zero attached hydrogens (tertiary/aromatic N) is 2. The first kappa shape index (κ1) is 17.8. The quantitative estimate of drug-likeness (QED) is 0.753. The van der Waals surface area contributed by atoms with Crippen LogP contribution in [0.25, 0.3) is 0 Å². The second kappa shape index (κ2) is 8.40. The van der Waals surface area contributed by atoms with Gasteiger partial charge in [-0.05, 0) is 35.7 Å². The van der Waals surface area contributed by atoms with E-state index in [4.69, 9.17) is 4.74 Å². The summed E-state index contributed by atoms with van der Waals surface area (Å²) in [4.78, 5) is 30.2. The Balaban J connectivity index is 1.45. The van der Waals surface area contributed by atoms with E-state index in [0.29, 0.717) is 31.9 Å². The number of benzene rings is 1. The number of rotatable bonds is 5. The zero-order chi connectivity index (χ0) is 17.6. The summed E-state index contributed by atoms with van der Waals surface area (Å²) in [7, 11) is 1.63. The third kappa shape index (κ3) is 4.55. The van der Waals surface area contributed by atoms with Crippen molar-refractivity contribution < 1.29 is 14.3 Å². The molecule has 25 heavy (non-hydrogen) atoms. The number of methoxy groups -OCH3 is 1. The van der Waals surface area contributed by atoms with Crippen LogP contribution in [0.1, 0.15) is 9.67 Å². The van der Waals surface area contributed by atoms with Gasteiger partial charge in [-0.3, -0.25) is 9.59 Å². The van der Waals surface area contributed by atoms with Crippen molar-refractivity contribution in [2.75, 3.05) is 39.0 Å². The largest absolute Gasteiger partial charge is 0.497 e. The molecule has 0 spiro atoms. The summed E-state index contributed by atoms with van der Waals surface area (Å²) < 4.78 is 5.13. The molecule has 0 atom stereocenters. The van der Waals surface area contributed by atoms with E-state index in [9.17, 15) is 9.59 Å². The van der Waals surface area contributed by atoms with Gasteiger partial charge in [0, 0.05) is 31.1 Å². The van der Waals surface area contributed by atoms with Gasteiger partial charge in [-0.15, -0.1) is 23.1 Å². The van der Waals surface area contributed by atoms with Crippen molar-refractivity contribution in [2.45, 2.75) is 4.90 Å². The molecule has 1 aromatic heterocycles. The molecule has 1 saturated heterocycles. The van der Waals surface area contributed by atoms with Gasteiger partial charge in [0.05, 0.1) is 17.7 Å². The van der Waals surface area contributed by atoms with Crippen LogP contribution in [0.5, 0.6) is 5.75 Å². The molecular formula is C18H20N2O3S2. The number of carbonyl (C=O) groups excluding carboxylic acids is 2. The van der Waals surface area contributed by atoms with Crippen molar-refractivity contribution in [2.24, 2.45) is 0 Å². The van der Waals surface area contributed by atoms with Gasteiger partial charge < -0.3 is 14.5 Å². The lowest BCUT2D eigenvalue weighted by Gasteiger charge is -2.34. The van der Waals surface area contributed by atoms with Gasteiger partial charge in [0.15, 0.2) is 0 Å². The molecule has 1 fully saturated rings. The van der Waals surface area contributed by atoms with E-state index in [1.807, 2.05) is 51.6 Å². The summed E-state index contributed by atoms with van der Waals surface area (Å²) in [5.41, 5.74) is 0. The molecule has 0 radical (unpaired) electrons. The number of piperazine rings is 1. The third-order valence-corrected chi connectivity index (χ3v) is 5.93. The summed E-state index contributed by atoms with van der Waals surface area (Å²) in [6, 6.07) is 11.4. The third-order valence-electron chi connectivity index (χ3n) is 4.07. The van der Waals surface area contributed by atoms with Gasteiger partial charge >= 0.3 is 0 Å². The molecule has 2 heterocycles. The van der Waals surface area contributed by atoms with Crippen LogP contribution < -0.4 is 4.74 Å². The Kier molecular flexibility index (Phi) is 5.99. The average Bonchev–Trinajstić information content (AvgIpc) is 3.21. The zero-order valence-electron chi connectivity index (χ0n) is 14.0. The van der Waals surface area contributed by atoms with E-state index in [-0.39, 0.29) is 11.8 Å². The molecule has 2 aromatic rings. The predicted octanol–water partition coefficient (Wildman–Crippen LogP) is 2.83. The summed E-state index contributed by atoms with van der Waals surface area (Å²) in [5.74, 6) is 1.39. The monoisotopic (exact) mass is 376 g/mol. The fourth-order valence-electron chi connectivity index (χ4n) is 2.62. The SMILES string of the molecule is COc1ccc(SCC(=O)N2CCN(C(=O)c3cccs3)CC2)cc1. The first-order chi connectivity index (χ1) is 12.2. The molecule has 1 aromatic carbocycles. The number of hydrogen-bond acceptors (Lipinski definition) is 5. The average molecular weight is 377 g/mol. The van der Waals surface area contributed by atoms with Gasteiger partial charge in [-0.2, -0.15) is 0 Å². The second-order valence-electron chi connectivity index (χ2n) is 5.61. The maximum Gasteiger partial charge on any atom is 0.264 e. The zero-order valence-corrected chi connectivity index (χ0v) is 15.6. The van der Waals surface area contributed by atoms with E-state index >= 15 is 0 Å². The molecule has 1 aliphatic rings. The Morgan fingerprint density at radius 2 is 1.76 bits per heavy atom. The van der Waals surface area contributed by atoms with Gasteiger partial charge in [-0.25, -0.2) is 0 Å². The van der Waals surface area contributed by atoms with Crippen molar-refractivity contribution in [3.63, 3.8) is 0 Å². The molecule has 0 N–H and O–H groups in total. The van der Waals surface area contributed by atoms with Gasteiger partial charge in [0.1, 0.15) is 5.75 Å². The van der Waals surface area contributed by atoms with E-state index in [0.717, 1.165) is 15.5 Å². The number of hydrogen-bond donors (Lipinski definition) is 0. The number of amides is 2. The van der Waals surface area contributed by atoms with Crippen molar-refractivity contribution in [1.29, 1.82) is 0 Å². The first-order valence-electron chi connectivity index (χ1n) is 8.05. The highest BCUT2D eigenvalue weighted by molar-refractivity contribution is 8.00. The summed E-state index contributed by atoms with van der Waals surface area (Å²) in [6.07, 6.45) is 0. The molecule has 1 aliphatic heterocycles. The number of carbonyl (C=O) groups is 2. The van der Waals surface area contributed by atoms with Crippen LogP contribution >= 0.6 is 23.1 Å². The first-order valence-corrected chi connectivity index (χ1v) is 9.91. The molecule has 0 unspecified atom stereocenters. The van der Waals surface area contributed by atoms with Crippen LogP contribution in [0, 0.1) is 0 Å². The van der Waals surface area contributed by atoms with Crippen LogP contribution in [0.3, 0.4) is 0 Å². The molecule has 7 heteroatoms. The van der Waals surface area contributed by atoms with Crippen molar-refractivity contribution in [1.82, 2.24) is 9.80 Å². The molecular weight excluding hydrogens is 356 g/mol. The fraction of sp³-hybridized carbons (Fsp3) is 0.333. The van der Waals surface area contributed by atoms with Crippen LogP contribution in [0.15, 0.2) is 46.7 Å². The molecule has 0 saturated carbocycles. The fourth-order valence-corrected chi connectivity index (χ4v) is 4.12. The maximum atomic E-state index is 12.4. The van der Waals surface area contributed by atoms with Gasteiger partial charge in [0.25, 0.3) is 5.91 Å². The van der Waals surface area contributed by atoms with Crippen LogP contribution in [0.2, 0.25) is 0 Å². The standard InChI is InChI=1S/C18H20N2O3S2/c1-23-14-4-6-15(7-5-14)25-13-17(21)19-8-10-20(11-9-19)18(22)16-3-2-12-24-16/h2-7,12H,8-11,13H2,1H3. The van der Waals surface area contributed by atoms with Crippen LogP contribution in [0.4, 0.5) is 0 Å². The van der Waals surface area contributed by atoms with Crippen LogP contribution in [-0.4, -0.2) is 60.7 Å². The molecule has 0 bridgehead atoms. The Labute approximate surface area is 155 Å².